The van der Waals surface area contributed by atoms with Gasteiger partial charge in [-0.15, -0.1) is 0 Å². The van der Waals surface area contributed by atoms with E-state index in [-0.39, 0.29) is 0 Å². The molecule has 6 heteroatoms. The van der Waals surface area contributed by atoms with Crippen LogP contribution in [0.25, 0.3) is 0 Å². The maximum absolute atomic E-state index is 12.3. The van der Waals surface area contributed by atoms with Crippen LogP contribution in [0.4, 0.5) is 0 Å². The lowest BCUT2D eigenvalue weighted by atomic mass is 9.94. The molecule has 0 spiro atoms. The average Bonchev–Trinajstić information content (AvgIpc) is 2.40. The summed E-state index contributed by atoms with van der Waals surface area (Å²) in [5.41, 5.74) is 1.07. The van der Waals surface area contributed by atoms with Gasteiger partial charge in [-0.3, -0.25) is 0 Å². The lowest BCUT2D eigenvalue weighted by Crippen LogP contribution is -2.48. The van der Waals surface area contributed by atoms with Gasteiger partial charge in [0.25, 0.3) is 10.2 Å². The summed E-state index contributed by atoms with van der Waals surface area (Å²) >= 11 is 5.83. The van der Waals surface area contributed by atoms with Crippen molar-refractivity contribution in [3.8, 4) is 0 Å². The molecule has 1 saturated heterocycles. The molecule has 2 rings (SSSR count). The van der Waals surface area contributed by atoms with Gasteiger partial charge < -0.3 is 0 Å². The molecule has 0 saturated carbocycles. The van der Waals surface area contributed by atoms with Crippen molar-refractivity contribution < 1.29 is 8.42 Å². The van der Waals surface area contributed by atoms with E-state index in [2.05, 4.69) is 18.6 Å². The predicted octanol–water partition coefficient (Wildman–Crippen LogP) is 2.69. The molecule has 1 aliphatic rings. The van der Waals surface area contributed by atoms with Crippen molar-refractivity contribution in [2.24, 2.45) is 11.8 Å². The van der Waals surface area contributed by atoms with Gasteiger partial charge in [-0.1, -0.05) is 37.6 Å². The summed E-state index contributed by atoms with van der Waals surface area (Å²) in [4.78, 5) is 0. The van der Waals surface area contributed by atoms with E-state index >= 15 is 0 Å². The van der Waals surface area contributed by atoms with Crippen molar-refractivity contribution in [2.45, 2.75) is 26.7 Å². The summed E-state index contributed by atoms with van der Waals surface area (Å²) < 4.78 is 28.9. The van der Waals surface area contributed by atoms with E-state index in [0.29, 0.717) is 42.9 Å². The third kappa shape index (κ3) is 4.95. The van der Waals surface area contributed by atoms with Crippen molar-refractivity contribution in [3.63, 3.8) is 0 Å². The van der Waals surface area contributed by atoms with Gasteiger partial charge in [-0.25, -0.2) is 4.72 Å². The molecular weight excluding hydrogens is 308 g/mol. The van der Waals surface area contributed by atoms with Gasteiger partial charge in [-0.05, 0) is 42.4 Å². The molecule has 1 aromatic carbocycles. The zero-order valence-corrected chi connectivity index (χ0v) is 14.1. The van der Waals surface area contributed by atoms with Gasteiger partial charge in [0.1, 0.15) is 0 Å². The van der Waals surface area contributed by atoms with Gasteiger partial charge in [-0.2, -0.15) is 12.7 Å². The molecule has 1 heterocycles. The number of nitrogens with one attached hydrogen (secondary N) is 1. The number of benzene rings is 1. The Labute approximate surface area is 132 Å². The SMILES string of the molecule is C[C@@H]1C[C@H](C)CN(S(=O)(=O)NCCc2ccc(Cl)cc2)C1. The van der Waals surface area contributed by atoms with Crippen LogP contribution in [0.15, 0.2) is 24.3 Å². The van der Waals surface area contributed by atoms with E-state index < -0.39 is 10.2 Å². The highest BCUT2D eigenvalue weighted by Gasteiger charge is 2.29. The molecule has 0 unspecified atom stereocenters. The Balaban J connectivity index is 1.87. The largest absolute Gasteiger partial charge is 0.279 e. The van der Waals surface area contributed by atoms with Crippen LogP contribution in [0.2, 0.25) is 5.02 Å². The first-order valence-electron chi connectivity index (χ1n) is 7.36. The minimum absolute atomic E-state index is 0.406. The summed E-state index contributed by atoms with van der Waals surface area (Å²) in [5.74, 6) is 0.836. The van der Waals surface area contributed by atoms with Crippen LogP contribution in [0.3, 0.4) is 0 Å². The van der Waals surface area contributed by atoms with E-state index in [1.54, 1.807) is 4.31 Å². The van der Waals surface area contributed by atoms with Crippen molar-refractivity contribution in [3.05, 3.63) is 34.9 Å². The number of rotatable bonds is 5. The fourth-order valence-corrected chi connectivity index (χ4v) is 4.44. The summed E-state index contributed by atoms with van der Waals surface area (Å²) in [6.45, 7) is 5.84. The smallest absolute Gasteiger partial charge is 0.202 e. The van der Waals surface area contributed by atoms with E-state index in [1.165, 1.54) is 0 Å². The van der Waals surface area contributed by atoms with Crippen LogP contribution in [0, 0.1) is 11.8 Å². The molecular formula is C15H23ClN2O2S. The Bertz CT molecular complexity index is 550. The quantitative estimate of drug-likeness (QED) is 0.902. The highest BCUT2D eigenvalue weighted by Crippen LogP contribution is 2.22. The van der Waals surface area contributed by atoms with Crippen molar-refractivity contribution in [1.29, 1.82) is 0 Å². The highest BCUT2D eigenvalue weighted by molar-refractivity contribution is 7.87. The lowest BCUT2D eigenvalue weighted by Gasteiger charge is -2.33. The van der Waals surface area contributed by atoms with Crippen LogP contribution >= 0.6 is 11.6 Å². The molecule has 0 aromatic heterocycles. The number of piperidine rings is 1. The Morgan fingerprint density at radius 1 is 1.19 bits per heavy atom. The van der Waals surface area contributed by atoms with E-state index in [4.69, 9.17) is 11.6 Å². The molecule has 0 radical (unpaired) electrons. The maximum Gasteiger partial charge on any atom is 0.279 e. The number of hydrogen-bond acceptors (Lipinski definition) is 2. The molecule has 1 fully saturated rings. The van der Waals surface area contributed by atoms with Gasteiger partial charge in [0.15, 0.2) is 0 Å². The van der Waals surface area contributed by atoms with Gasteiger partial charge in [0, 0.05) is 24.7 Å². The third-order valence-corrected chi connectivity index (χ3v) is 5.59. The minimum atomic E-state index is -3.37. The summed E-state index contributed by atoms with van der Waals surface area (Å²) in [6, 6.07) is 7.47. The molecule has 1 aliphatic heterocycles. The molecule has 21 heavy (non-hydrogen) atoms. The van der Waals surface area contributed by atoms with E-state index in [9.17, 15) is 8.42 Å². The Kier molecular flexibility index (Phi) is 5.66. The first-order valence-corrected chi connectivity index (χ1v) is 9.18. The van der Waals surface area contributed by atoms with Gasteiger partial charge in [0.2, 0.25) is 0 Å². The average molecular weight is 331 g/mol. The molecule has 0 aliphatic carbocycles. The molecule has 118 valence electrons. The van der Waals surface area contributed by atoms with Crippen LogP contribution < -0.4 is 4.72 Å². The van der Waals surface area contributed by atoms with Crippen LogP contribution in [-0.2, 0) is 16.6 Å². The predicted molar refractivity (Wildman–Crippen MR) is 86.6 cm³/mol. The molecule has 0 amide bonds. The first kappa shape index (κ1) is 16.7. The van der Waals surface area contributed by atoms with Crippen LogP contribution in [-0.4, -0.2) is 32.4 Å². The van der Waals surface area contributed by atoms with Crippen LogP contribution in [0.5, 0.6) is 0 Å². The normalized spacial score (nSPS) is 24.1. The molecule has 2 atom stereocenters. The van der Waals surface area contributed by atoms with E-state index in [0.717, 1.165) is 12.0 Å². The topological polar surface area (TPSA) is 49.4 Å². The first-order chi connectivity index (χ1) is 9.87. The van der Waals surface area contributed by atoms with E-state index in [1.807, 2.05) is 24.3 Å². The second kappa shape index (κ2) is 7.09. The second-order valence-electron chi connectivity index (χ2n) is 6.04. The maximum atomic E-state index is 12.3. The lowest BCUT2D eigenvalue weighted by molar-refractivity contribution is 0.220. The third-order valence-electron chi connectivity index (χ3n) is 3.79. The number of nitrogens with zero attached hydrogens (tertiary/aromatic N) is 1. The van der Waals surface area contributed by atoms with Crippen molar-refractivity contribution >= 4 is 21.8 Å². The van der Waals surface area contributed by atoms with Crippen molar-refractivity contribution in [1.82, 2.24) is 9.03 Å². The Hall–Kier alpha value is -0.620. The summed E-state index contributed by atoms with van der Waals surface area (Å²) in [5, 5.41) is 0.690. The minimum Gasteiger partial charge on any atom is -0.202 e. The standard InChI is InChI=1S/C15H23ClN2O2S/c1-12-9-13(2)11-18(10-12)21(19,20)17-8-7-14-3-5-15(16)6-4-14/h3-6,12-13,17H,7-11H2,1-2H3/t12-,13+. The Morgan fingerprint density at radius 3 is 2.33 bits per heavy atom. The zero-order valence-electron chi connectivity index (χ0n) is 12.5. The van der Waals surface area contributed by atoms with Crippen LogP contribution in [0.1, 0.15) is 25.8 Å². The Morgan fingerprint density at radius 2 is 1.76 bits per heavy atom. The highest BCUT2D eigenvalue weighted by atomic mass is 35.5. The fraction of sp³-hybridized carbons (Fsp3) is 0.600. The number of hydrogen-bond donors (Lipinski definition) is 1. The van der Waals surface area contributed by atoms with Gasteiger partial charge in [0.05, 0.1) is 0 Å². The summed E-state index contributed by atoms with van der Waals surface area (Å²) in [6.07, 6.45) is 1.76. The fourth-order valence-electron chi connectivity index (χ4n) is 2.87. The molecule has 1 N–H and O–H groups in total. The van der Waals surface area contributed by atoms with Crippen molar-refractivity contribution in [2.75, 3.05) is 19.6 Å². The second-order valence-corrected chi connectivity index (χ2v) is 8.23. The molecule has 4 nitrogen and oxygen atoms in total. The number of halogens is 1. The zero-order chi connectivity index (χ0) is 15.5. The molecule has 1 aromatic rings. The monoisotopic (exact) mass is 330 g/mol. The summed E-state index contributed by atoms with van der Waals surface area (Å²) in [7, 11) is -3.37. The molecule has 0 bridgehead atoms. The van der Waals surface area contributed by atoms with Gasteiger partial charge >= 0.3 is 0 Å².